The van der Waals surface area contributed by atoms with Crippen LogP contribution in [0.5, 0.6) is 0 Å². The van der Waals surface area contributed by atoms with E-state index in [1.165, 1.54) is 0 Å². The highest BCUT2D eigenvalue weighted by molar-refractivity contribution is 5.06. The molecule has 2 heterocycles. The molecule has 1 aromatic heterocycles. The van der Waals surface area contributed by atoms with Gasteiger partial charge in [-0.1, -0.05) is 26.0 Å². The fourth-order valence-electron chi connectivity index (χ4n) is 2.68. The Labute approximate surface area is 107 Å². The molecule has 1 spiro atoms. The fourth-order valence-corrected chi connectivity index (χ4v) is 2.68. The van der Waals surface area contributed by atoms with E-state index < -0.39 is 0 Å². The molecule has 5 nitrogen and oxygen atoms in total. The number of aromatic nitrogens is 3. The van der Waals surface area contributed by atoms with Gasteiger partial charge in [0.2, 0.25) is 0 Å². The molecule has 1 aliphatic heterocycles. The Balaban J connectivity index is 1.57. The summed E-state index contributed by atoms with van der Waals surface area (Å²) in [6.45, 7) is 8.85. The highest BCUT2D eigenvalue weighted by atomic mass is 16.7. The van der Waals surface area contributed by atoms with Gasteiger partial charge in [0, 0.05) is 31.0 Å². The molecule has 0 amide bonds. The zero-order valence-corrected chi connectivity index (χ0v) is 11.3. The van der Waals surface area contributed by atoms with E-state index in [1.54, 1.807) is 0 Å². The van der Waals surface area contributed by atoms with Gasteiger partial charge in [-0.05, 0) is 5.92 Å². The molecule has 1 saturated heterocycles. The van der Waals surface area contributed by atoms with Gasteiger partial charge in [0.25, 0.3) is 0 Å². The topological polar surface area (TPSA) is 49.2 Å². The summed E-state index contributed by atoms with van der Waals surface area (Å²) in [5.41, 5.74) is 1.11. The van der Waals surface area contributed by atoms with Crippen LogP contribution in [-0.2, 0) is 21.4 Å². The van der Waals surface area contributed by atoms with Gasteiger partial charge in [0.15, 0.2) is 5.79 Å². The van der Waals surface area contributed by atoms with Crippen LogP contribution in [0.25, 0.3) is 0 Å². The van der Waals surface area contributed by atoms with Crippen LogP contribution in [0.2, 0.25) is 0 Å². The Morgan fingerprint density at radius 2 is 2.00 bits per heavy atom. The van der Waals surface area contributed by atoms with Gasteiger partial charge in [-0.15, -0.1) is 5.10 Å². The molecule has 0 bridgehead atoms. The summed E-state index contributed by atoms with van der Waals surface area (Å²) in [7, 11) is 0. The van der Waals surface area contributed by atoms with E-state index in [4.69, 9.17) is 9.47 Å². The second-order valence-electron chi connectivity index (χ2n) is 6.46. The average molecular weight is 251 g/mol. The van der Waals surface area contributed by atoms with Crippen molar-refractivity contribution in [1.82, 2.24) is 15.0 Å². The number of rotatable bonds is 2. The van der Waals surface area contributed by atoms with Gasteiger partial charge in [0.1, 0.15) is 0 Å². The summed E-state index contributed by atoms with van der Waals surface area (Å²) in [5, 5.41) is 8.44. The first-order valence-corrected chi connectivity index (χ1v) is 6.65. The molecule has 3 rings (SSSR count). The summed E-state index contributed by atoms with van der Waals surface area (Å²) in [5.74, 6) is 0.343. The Kier molecular flexibility index (Phi) is 2.71. The molecule has 1 aromatic rings. The summed E-state index contributed by atoms with van der Waals surface area (Å²) in [4.78, 5) is 0. The molecule has 100 valence electrons. The van der Waals surface area contributed by atoms with Crippen molar-refractivity contribution in [3.8, 4) is 0 Å². The van der Waals surface area contributed by atoms with Crippen LogP contribution in [0.4, 0.5) is 0 Å². The lowest BCUT2D eigenvalue weighted by molar-refractivity contribution is -0.232. The number of hydrogen-bond donors (Lipinski definition) is 0. The first-order chi connectivity index (χ1) is 8.47. The summed E-state index contributed by atoms with van der Waals surface area (Å²) in [6, 6.07) is 0. The van der Waals surface area contributed by atoms with Crippen LogP contribution in [0, 0.1) is 5.92 Å². The van der Waals surface area contributed by atoms with Crippen molar-refractivity contribution in [1.29, 1.82) is 0 Å². The lowest BCUT2D eigenvalue weighted by Gasteiger charge is -2.42. The van der Waals surface area contributed by atoms with E-state index in [2.05, 4.69) is 37.3 Å². The first-order valence-electron chi connectivity index (χ1n) is 6.65. The maximum Gasteiger partial charge on any atom is 0.169 e. The molecule has 2 fully saturated rings. The van der Waals surface area contributed by atoms with Crippen LogP contribution in [-0.4, -0.2) is 34.0 Å². The van der Waals surface area contributed by atoms with Crippen molar-refractivity contribution in [2.45, 2.75) is 51.4 Å². The average Bonchev–Trinajstić information content (AvgIpc) is 2.83. The maximum atomic E-state index is 5.64. The van der Waals surface area contributed by atoms with Crippen LogP contribution >= 0.6 is 0 Å². The molecule has 1 saturated carbocycles. The fraction of sp³-hybridized carbons (Fsp3) is 0.846. The third-order valence-electron chi connectivity index (χ3n) is 3.77. The van der Waals surface area contributed by atoms with Crippen molar-refractivity contribution >= 4 is 0 Å². The van der Waals surface area contributed by atoms with Gasteiger partial charge in [-0.25, -0.2) is 0 Å². The van der Waals surface area contributed by atoms with Gasteiger partial charge in [-0.3, -0.25) is 4.68 Å². The van der Waals surface area contributed by atoms with E-state index in [9.17, 15) is 0 Å². The van der Waals surface area contributed by atoms with Crippen LogP contribution < -0.4 is 0 Å². The minimum atomic E-state index is -0.252. The number of ether oxygens (including phenoxy) is 2. The second kappa shape index (κ2) is 4.03. The Hall–Kier alpha value is -0.940. The summed E-state index contributed by atoms with van der Waals surface area (Å²) in [6.07, 6.45) is 4.02. The largest absolute Gasteiger partial charge is 0.348 e. The predicted octanol–water partition coefficient (Wildman–Crippen LogP) is 1.73. The predicted molar refractivity (Wildman–Crippen MR) is 66.1 cm³/mol. The lowest BCUT2D eigenvalue weighted by Crippen LogP contribution is -2.46. The van der Waals surface area contributed by atoms with E-state index in [1.807, 2.05) is 4.68 Å². The van der Waals surface area contributed by atoms with Crippen LogP contribution in [0.1, 0.15) is 39.3 Å². The zero-order chi connectivity index (χ0) is 12.8. The number of nitrogens with zero attached hydrogens (tertiary/aromatic N) is 3. The zero-order valence-electron chi connectivity index (χ0n) is 11.3. The summed E-state index contributed by atoms with van der Waals surface area (Å²) < 4.78 is 13.2. The van der Waals surface area contributed by atoms with Crippen LogP contribution in [0.3, 0.4) is 0 Å². The highest BCUT2D eigenvalue weighted by Gasteiger charge is 2.49. The molecular formula is C13H21N3O2. The molecule has 2 aliphatic rings. The first kappa shape index (κ1) is 12.1. The smallest absolute Gasteiger partial charge is 0.169 e. The minimum absolute atomic E-state index is 0.0662. The monoisotopic (exact) mass is 251 g/mol. The molecule has 5 heteroatoms. The molecular weight excluding hydrogens is 230 g/mol. The normalized spacial score (nSPS) is 23.5. The van der Waals surface area contributed by atoms with Crippen molar-refractivity contribution in [3.63, 3.8) is 0 Å². The minimum Gasteiger partial charge on any atom is -0.348 e. The second-order valence-corrected chi connectivity index (χ2v) is 6.46. The molecule has 0 radical (unpaired) electrons. The molecule has 0 unspecified atom stereocenters. The van der Waals surface area contributed by atoms with Gasteiger partial charge in [-0.2, -0.15) is 0 Å². The van der Waals surface area contributed by atoms with E-state index >= 15 is 0 Å². The number of hydrogen-bond acceptors (Lipinski definition) is 4. The molecule has 1 aliphatic carbocycles. The lowest BCUT2D eigenvalue weighted by atomic mass is 9.79. The summed E-state index contributed by atoms with van der Waals surface area (Å²) >= 11 is 0. The Morgan fingerprint density at radius 3 is 2.56 bits per heavy atom. The third-order valence-corrected chi connectivity index (χ3v) is 3.77. The van der Waals surface area contributed by atoms with E-state index in [0.717, 1.165) is 38.3 Å². The van der Waals surface area contributed by atoms with Gasteiger partial charge < -0.3 is 9.47 Å². The standard InChI is InChI=1S/C13H21N3O2/c1-12(2,3)11-9-16(15-14-11)8-10-6-13(7-10)17-4-5-18-13/h9-10H,4-8H2,1-3H3. The Bertz CT molecular complexity index is 422. The molecule has 0 N–H and O–H groups in total. The molecule has 0 aromatic carbocycles. The Morgan fingerprint density at radius 1 is 1.33 bits per heavy atom. The van der Waals surface area contributed by atoms with Gasteiger partial charge in [0.05, 0.1) is 18.9 Å². The van der Waals surface area contributed by atoms with E-state index in [0.29, 0.717) is 5.92 Å². The van der Waals surface area contributed by atoms with Crippen molar-refractivity contribution < 1.29 is 9.47 Å². The molecule has 18 heavy (non-hydrogen) atoms. The van der Waals surface area contributed by atoms with Crippen molar-refractivity contribution in [3.05, 3.63) is 11.9 Å². The highest BCUT2D eigenvalue weighted by Crippen LogP contribution is 2.44. The molecule has 0 atom stereocenters. The SMILES string of the molecule is CC(C)(C)c1cn(CC2CC3(C2)OCCO3)nn1. The van der Waals surface area contributed by atoms with Crippen molar-refractivity contribution in [2.75, 3.05) is 13.2 Å². The van der Waals surface area contributed by atoms with Crippen LogP contribution in [0.15, 0.2) is 6.20 Å². The van der Waals surface area contributed by atoms with E-state index in [-0.39, 0.29) is 11.2 Å². The third kappa shape index (κ3) is 2.17. The van der Waals surface area contributed by atoms with Crippen molar-refractivity contribution in [2.24, 2.45) is 5.92 Å². The quantitative estimate of drug-likeness (QED) is 0.803. The maximum absolute atomic E-state index is 5.64. The van der Waals surface area contributed by atoms with Gasteiger partial charge >= 0.3 is 0 Å².